The van der Waals surface area contributed by atoms with Crippen molar-refractivity contribution < 1.29 is 9.84 Å². The lowest BCUT2D eigenvalue weighted by molar-refractivity contribution is 0.0973. The summed E-state index contributed by atoms with van der Waals surface area (Å²) in [5.74, 6) is 0.703. The molecule has 0 saturated carbocycles. The monoisotopic (exact) mass is 513 g/mol. The molecule has 1 aromatic carbocycles. The number of nitriles is 1. The molecular weight excluding hydrogens is 486 g/mol. The van der Waals surface area contributed by atoms with Gasteiger partial charge in [0, 0.05) is 29.4 Å². The second kappa shape index (κ2) is 11.3. The fraction of sp³-hybridized carbons (Fsp3) is 0.476. The number of ether oxygens (including phenoxy) is 1. The lowest BCUT2D eigenvalue weighted by atomic mass is 9.73. The van der Waals surface area contributed by atoms with Crippen LogP contribution in [0.15, 0.2) is 34.3 Å². The summed E-state index contributed by atoms with van der Waals surface area (Å²) in [5.41, 5.74) is 7.39. The van der Waals surface area contributed by atoms with Crippen molar-refractivity contribution in [1.29, 1.82) is 5.26 Å². The molecule has 0 unspecified atom stereocenters. The first-order valence-electron chi connectivity index (χ1n) is 9.93. The van der Waals surface area contributed by atoms with Crippen LogP contribution in [0.25, 0.3) is 0 Å². The fourth-order valence-corrected chi connectivity index (χ4v) is 5.36. The quantitative estimate of drug-likeness (QED) is 0.641. The molecular formula is C21H28ClN5O2S3. The average molecular weight is 514 g/mol. The van der Waals surface area contributed by atoms with Gasteiger partial charge in [0.1, 0.15) is 16.8 Å². The van der Waals surface area contributed by atoms with Crippen LogP contribution in [-0.4, -0.2) is 46.9 Å². The van der Waals surface area contributed by atoms with Crippen molar-refractivity contribution in [3.05, 3.63) is 40.7 Å². The van der Waals surface area contributed by atoms with Crippen LogP contribution in [0, 0.1) is 16.7 Å². The van der Waals surface area contributed by atoms with Crippen molar-refractivity contribution in [2.24, 2.45) is 11.1 Å². The summed E-state index contributed by atoms with van der Waals surface area (Å²) in [6, 6.07) is 7.41. The molecule has 2 saturated heterocycles. The minimum atomic E-state index is -0.204. The summed E-state index contributed by atoms with van der Waals surface area (Å²) < 4.78 is 5.80. The number of anilines is 1. The van der Waals surface area contributed by atoms with E-state index in [9.17, 15) is 5.11 Å². The number of hydrogen-bond acceptors (Lipinski definition) is 8. The summed E-state index contributed by atoms with van der Waals surface area (Å²) in [6.07, 6.45) is 3.63. The molecule has 0 bridgehead atoms. The Morgan fingerprint density at radius 3 is 2.69 bits per heavy atom. The molecule has 1 spiro atoms. The number of aromatic nitrogens is 2. The average Bonchev–Trinajstić information content (AvgIpc) is 3.04. The zero-order chi connectivity index (χ0) is 21.3. The van der Waals surface area contributed by atoms with Crippen molar-refractivity contribution >= 4 is 56.2 Å². The third-order valence-corrected chi connectivity index (χ3v) is 7.64. The Bertz CT molecular complexity index is 982. The topological polar surface area (TPSA) is 108 Å². The van der Waals surface area contributed by atoms with E-state index in [4.69, 9.17) is 27.3 Å². The Labute approximate surface area is 211 Å². The fourth-order valence-electron chi connectivity index (χ4n) is 4.25. The van der Waals surface area contributed by atoms with Gasteiger partial charge >= 0.3 is 0 Å². The van der Waals surface area contributed by atoms with Gasteiger partial charge in [-0.3, -0.25) is 0 Å². The van der Waals surface area contributed by atoms with Crippen molar-refractivity contribution in [2.75, 3.05) is 24.6 Å². The third kappa shape index (κ3) is 5.14. The van der Waals surface area contributed by atoms with Crippen molar-refractivity contribution in [3.63, 3.8) is 0 Å². The van der Waals surface area contributed by atoms with Crippen molar-refractivity contribution in [1.82, 2.24) is 9.97 Å². The molecule has 0 amide bonds. The summed E-state index contributed by atoms with van der Waals surface area (Å²) in [6.45, 7) is 4.14. The van der Waals surface area contributed by atoms with Crippen LogP contribution in [0.5, 0.6) is 0 Å². The van der Waals surface area contributed by atoms with Gasteiger partial charge < -0.3 is 20.5 Å². The summed E-state index contributed by atoms with van der Waals surface area (Å²) >= 11 is 7.62. The number of nitrogens with two attached hydrogens (primary N) is 1. The maximum Gasteiger partial charge on any atom is 0.152 e. The van der Waals surface area contributed by atoms with Gasteiger partial charge in [-0.1, -0.05) is 29.4 Å². The number of aliphatic hydroxyl groups is 1. The van der Waals surface area contributed by atoms with E-state index in [1.165, 1.54) is 11.8 Å². The van der Waals surface area contributed by atoms with Crippen LogP contribution in [-0.2, 0) is 11.3 Å². The van der Waals surface area contributed by atoms with Gasteiger partial charge in [-0.2, -0.15) is 32.3 Å². The normalized spacial score (nSPS) is 21.5. The highest BCUT2D eigenvalue weighted by atomic mass is 35.5. The van der Waals surface area contributed by atoms with E-state index < -0.39 is 0 Å². The third-order valence-electron chi connectivity index (χ3n) is 6.15. The standard InChI is InChI=1S/C21H24ClN5O2S.2H2S/c1-13-19(24)21(12-29-13)5-7-27(8-6-21)20-15(11-28)26-17(10-25-20)30-16-4-2-3-14(9-23)18(16)22;;/h2-4,10,13,19,28H,5-8,11-12,24H2,1H3;2*1H2/t13-,19+;;/m0../s1. The summed E-state index contributed by atoms with van der Waals surface area (Å²) in [5, 5.41) is 20.1. The molecule has 1 aromatic heterocycles. The Kier molecular flexibility index (Phi) is 9.55. The van der Waals surface area contributed by atoms with E-state index >= 15 is 0 Å². The molecule has 0 aliphatic carbocycles. The number of aliphatic hydroxyl groups excluding tert-OH is 1. The summed E-state index contributed by atoms with van der Waals surface area (Å²) in [7, 11) is 0. The molecule has 3 heterocycles. The van der Waals surface area contributed by atoms with E-state index in [2.05, 4.69) is 20.9 Å². The molecule has 2 aliphatic heterocycles. The Morgan fingerprint density at radius 1 is 1.38 bits per heavy atom. The first-order valence-corrected chi connectivity index (χ1v) is 11.1. The predicted octanol–water partition coefficient (Wildman–Crippen LogP) is 3.20. The van der Waals surface area contributed by atoms with Gasteiger partial charge in [-0.15, -0.1) is 0 Å². The maximum absolute atomic E-state index is 9.91. The van der Waals surface area contributed by atoms with E-state index in [-0.39, 0.29) is 51.2 Å². The number of benzene rings is 1. The zero-order valence-electron chi connectivity index (χ0n) is 17.7. The van der Waals surface area contributed by atoms with Crippen LogP contribution < -0.4 is 10.6 Å². The van der Waals surface area contributed by atoms with E-state index in [0.717, 1.165) is 30.8 Å². The highest BCUT2D eigenvalue weighted by molar-refractivity contribution is 7.99. The zero-order valence-corrected chi connectivity index (χ0v) is 21.3. The molecule has 32 heavy (non-hydrogen) atoms. The lowest BCUT2D eigenvalue weighted by Crippen LogP contribution is -2.51. The smallest absolute Gasteiger partial charge is 0.152 e. The number of rotatable bonds is 4. The maximum atomic E-state index is 9.91. The van der Waals surface area contributed by atoms with E-state index in [1.807, 2.05) is 13.0 Å². The van der Waals surface area contributed by atoms with Gasteiger partial charge in [-0.25, -0.2) is 9.97 Å². The molecule has 2 aliphatic rings. The summed E-state index contributed by atoms with van der Waals surface area (Å²) in [4.78, 5) is 12.1. The van der Waals surface area contributed by atoms with Crippen LogP contribution in [0.1, 0.15) is 31.0 Å². The Balaban J connectivity index is 0.00000181. The second-order valence-electron chi connectivity index (χ2n) is 7.86. The largest absolute Gasteiger partial charge is 0.390 e. The molecule has 4 rings (SSSR count). The highest BCUT2D eigenvalue weighted by Crippen LogP contribution is 2.42. The van der Waals surface area contributed by atoms with Crippen LogP contribution in [0.3, 0.4) is 0 Å². The first kappa shape index (κ1) is 27.1. The Morgan fingerprint density at radius 2 is 2.09 bits per heavy atom. The molecule has 174 valence electrons. The number of halogens is 1. The van der Waals surface area contributed by atoms with Gasteiger partial charge in [0.25, 0.3) is 0 Å². The van der Waals surface area contributed by atoms with Gasteiger partial charge in [0.05, 0.1) is 36.1 Å². The molecule has 2 fully saturated rings. The second-order valence-corrected chi connectivity index (χ2v) is 9.30. The van der Waals surface area contributed by atoms with Crippen LogP contribution >= 0.6 is 50.4 Å². The molecule has 0 radical (unpaired) electrons. The van der Waals surface area contributed by atoms with E-state index in [0.29, 0.717) is 33.7 Å². The van der Waals surface area contributed by atoms with Gasteiger partial charge in [0.2, 0.25) is 0 Å². The molecule has 2 aromatic rings. The van der Waals surface area contributed by atoms with Crippen molar-refractivity contribution in [3.8, 4) is 6.07 Å². The minimum absolute atomic E-state index is 0. The molecule has 7 nitrogen and oxygen atoms in total. The predicted molar refractivity (Wildman–Crippen MR) is 136 cm³/mol. The van der Waals surface area contributed by atoms with E-state index in [1.54, 1.807) is 18.3 Å². The number of nitrogens with zero attached hydrogens (tertiary/aromatic N) is 4. The highest BCUT2D eigenvalue weighted by Gasteiger charge is 2.47. The Hall–Kier alpha value is -1.19. The molecule has 2 atom stereocenters. The van der Waals surface area contributed by atoms with Crippen LogP contribution in [0.4, 0.5) is 5.82 Å². The number of hydrogen-bond donors (Lipinski definition) is 2. The number of piperidine rings is 1. The first-order chi connectivity index (χ1) is 14.5. The SMILES string of the molecule is C[C@@H]1OCC2(CCN(c3ncc(Sc4cccc(C#N)c4Cl)nc3CO)CC2)[C@@H]1N.S.S. The van der Waals surface area contributed by atoms with Crippen LogP contribution in [0.2, 0.25) is 5.02 Å². The van der Waals surface area contributed by atoms with Gasteiger partial charge in [0.15, 0.2) is 5.82 Å². The van der Waals surface area contributed by atoms with Gasteiger partial charge in [-0.05, 0) is 31.9 Å². The molecule has 11 heteroatoms. The van der Waals surface area contributed by atoms with Crippen molar-refractivity contribution in [2.45, 2.75) is 48.4 Å². The lowest BCUT2D eigenvalue weighted by Gasteiger charge is -2.41. The molecule has 3 N–H and O–H groups in total. The minimum Gasteiger partial charge on any atom is -0.390 e.